The van der Waals surface area contributed by atoms with Gasteiger partial charge in [-0.1, -0.05) is 18.2 Å². The van der Waals surface area contributed by atoms with E-state index in [1.54, 1.807) is 0 Å². The second-order valence-electron chi connectivity index (χ2n) is 4.98. The minimum absolute atomic E-state index is 0.0179. The number of ether oxygens (including phenoxy) is 2. The van der Waals surface area contributed by atoms with Gasteiger partial charge in [0.05, 0.1) is 6.61 Å². The van der Waals surface area contributed by atoms with E-state index in [-0.39, 0.29) is 27.5 Å². The molecule has 5 nitrogen and oxygen atoms in total. The van der Waals surface area contributed by atoms with E-state index in [9.17, 15) is 13.2 Å². The van der Waals surface area contributed by atoms with Gasteiger partial charge in [0, 0.05) is 13.0 Å². The Hall–Kier alpha value is -0.870. The molecule has 146 valence electrons. The highest BCUT2D eigenvalue weighted by molar-refractivity contribution is 7.86. The molecule has 1 aliphatic rings. The van der Waals surface area contributed by atoms with Crippen LogP contribution in [0.2, 0.25) is 0 Å². The van der Waals surface area contributed by atoms with Gasteiger partial charge >= 0.3 is 26.7 Å². The molecule has 1 aromatic carbocycles. The monoisotopic (exact) mass is 506 g/mol. The topological polar surface area (TPSA) is 75.7 Å². The average Bonchev–Trinajstić information content (AvgIpc) is 2.59. The van der Waals surface area contributed by atoms with Gasteiger partial charge in [0.15, 0.2) is 20.3 Å². The molecule has 0 N–H and O–H groups in total. The van der Waals surface area contributed by atoms with E-state index in [1.165, 1.54) is 16.4 Å². The van der Waals surface area contributed by atoms with Crippen LogP contribution in [0, 0.1) is 13.4 Å². The summed E-state index contributed by atoms with van der Waals surface area (Å²) in [6.07, 6.45) is 4.25. The molecule has 1 heterocycles. The van der Waals surface area contributed by atoms with E-state index < -0.39 is 15.6 Å². The number of hydrogen-bond acceptors (Lipinski definition) is 5. The quantitative estimate of drug-likeness (QED) is 0.188. The smallest absolute Gasteiger partial charge is 0.485 e. The van der Waals surface area contributed by atoms with Gasteiger partial charge in [-0.25, -0.2) is 8.42 Å². The zero-order chi connectivity index (χ0) is 19.5. The molecule has 0 aromatic heterocycles. The highest BCUT2D eigenvalue weighted by atomic mass is 127. The zero-order valence-corrected chi connectivity index (χ0v) is 16.6. The molecule has 1 saturated heterocycles. The van der Waals surface area contributed by atoms with Gasteiger partial charge in [0.2, 0.25) is 3.57 Å². The van der Waals surface area contributed by atoms with E-state index >= 15 is 0 Å². The lowest BCUT2D eigenvalue weighted by atomic mass is 10.2. The lowest BCUT2D eigenvalue weighted by Crippen LogP contribution is -3.59. The van der Waals surface area contributed by atoms with Crippen LogP contribution in [0.5, 0.6) is 0 Å². The molecule has 1 aromatic rings. The molecule has 10 heteroatoms. The maximum atomic E-state index is 10.7. The minimum atomic E-state index is -6.09. The third kappa shape index (κ3) is 10.3. The van der Waals surface area contributed by atoms with Crippen molar-refractivity contribution in [3.8, 4) is 9.85 Å². The Bertz CT molecular complexity index is 677. The third-order valence-electron chi connectivity index (χ3n) is 2.91. The Labute approximate surface area is 161 Å². The number of rotatable bonds is 4. The molecule has 1 atom stereocenters. The third-order valence-corrected chi connectivity index (χ3v) is 5.47. The van der Waals surface area contributed by atoms with Gasteiger partial charge in [-0.15, -0.1) is 0 Å². The molecule has 26 heavy (non-hydrogen) atoms. The molecule has 0 bridgehead atoms. The highest BCUT2D eigenvalue weighted by Crippen LogP contribution is 2.20. The Morgan fingerprint density at radius 2 is 1.92 bits per heavy atom. The summed E-state index contributed by atoms with van der Waals surface area (Å²) in [6.45, 7) is 1.53. The molecule has 0 aliphatic carbocycles. The van der Waals surface area contributed by atoms with Crippen LogP contribution < -0.4 is 21.2 Å². The highest BCUT2D eigenvalue weighted by Gasteiger charge is 2.36. The normalized spacial score (nSPS) is 17.5. The van der Waals surface area contributed by atoms with Crippen molar-refractivity contribution in [2.75, 3.05) is 13.2 Å². The SMILES string of the molecule is C(#C[I+]c1ccccc1)CCOC1CCCCO1.O=S(=O)([O-])C(F)(F)F. The van der Waals surface area contributed by atoms with Crippen LogP contribution in [0.1, 0.15) is 25.7 Å². The second-order valence-corrected chi connectivity index (χ2v) is 8.67. The summed E-state index contributed by atoms with van der Waals surface area (Å²) in [6, 6.07) is 10.5. The van der Waals surface area contributed by atoms with Crippen LogP contribution in [0.4, 0.5) is 13.2 Å². The molecular weight excluding hydrogens is 488 g/mol. The first-order chi connectivity index (χ1) is 12.2. The number of alkyl halides is 3. The van der Waals surface area contributed by atoms with E-state index in [0.29, 0.717) is 6.61 Å². The second kappa shape index (κ2) is 11.8. The van der Waals surface area contributed by atoms with Crippen LogP contribution in [-0.4, -0.2) is 38.0 Å². The van der Waals surface area contributed by atoms with Crippen molar-refractivity contribution in [3.05, 3.63) is 33.9 Å². The number of hydrogen-bond donors (Lipinski definition) is 0. The molecule has 0 spiro atoms. The summed E-state index contributed by atoms with van der Waals surface area (Å²) >= 11 is -0.154. The van der Waals surface area contributed by atoms with Gasteiger partial charge in [0.25, 0.3) is 0 Å². The van der Waals surface area contributed by atoms with E-state index in [4.69, 9.17) is 22.4 Å². The van der Waals surface area contributed by atoms with Crippen molar-refractivity contribution >= 4 is 10.1 Å². The van der Waals surface area contributed by atoms with Gasteiger partial charge in [-0.3, -0.25) is 0 Å². The molecule has 0 saturated carbocycles. The molecule has 0 radical (unpaired) electrons. The van der Waals surface area contributed by atoms with E-state index in [1.807, 2.05) is 6.07 Å². The fourth-order valence-electron chi connectivity index (χ4n) is 1.70. The molecular formula is C16H18F3IO5S. The molecule has 1 fully saturated rings. The fourth-order valence-corrected chi connectivity index (χ4v) is 3.24. The van der Waals surface area contributed by atoms with Crippen LogP contribution in [-0.2, 0) is 19.6 Å². The predicted octanol–water partition coefficient (Wildman–Crippen LogP) is -0.109. The number of halogens is 4. The summed E-state index contributed by atoms with van der Waals surface area (Å²) in [4.78, 5) is 0. The summed E-state index contributed by atoms with van der Waals surface area (Å²) in [5.41, 5.74) is -5.65. The maximum Gasteiger partial charge on any atom is 0.485 e. The Kier molecular flexibility index (Phi) is 10.5. The molecule has 0 amide bonds. The first kappa shape index (κ1) is 23.2. The van der Waals surface area contributed by atoms with Crippen molar-refractivity contribution in [1.29, 1.82) is 0 Å². The fraction of sp³-hybridized carbons (Fsp3) is 0.500. The van der Waals surface area contributed by atoms with Crippen molar-refractivity contribution in [2.24, 2.45) is 0 Å². The van der Waals surface area contributed by atoms with Gasteiger partial charge < -0.3 is 14.0 Å². The standard InChI is InChI=1S/C15H18IO2.CHF3O3S/c1-2-8-14(9-3-1)16-11-5-7-13-18-15-10-4-6-12-17-15;2-1(3,4)8(5,6)7/h1-3,8-9,15H,4,6-7,10,12-13H2;(H,5,6,7)/q+1;/p-1. The summed E-state index contributed by atoms with van der Waals surface area (Å²) < 4.78 is 74.7. The summed E-state index contributed by atoms with van der Waals surface area (Å²) in [5, 5.41) is 0. The molecule has 2 rings (SSSR count). The van der Waals surface area contributed by atoms with Gasteiger partial charge in [-0.2, -0.15) is 13.2 Å². The van der Waals surface area contributed by atoms with Gasteiger partial charge in [0.1, 0.15) is 0 Å². The summed E-state index contributed by atoms with van der Waals surface area (Å²) in [7, 11) is -6.09. The van der Waals surface area contributed by atoms with E-state index in [0.717, 1.165) is 19.4 Å². The van der Waals surface area contributed by atoms with Gasteiger partial charge in [-0.05, 0) is 37.3 Å². The predicted molar refractivity (Wildman–Crippen MR) is 82.8 cm³/mol. The molecule has 1 unspecified atom stereocenters. The van der Waals surface area contributed by atoms with E-state index in [2.05, 4.69) is 34.1 Å². The van der Waals surface area contributed by atoms with Crippen molar-refractivity contribution in [3.63, 3.8) is 0 Å². The zero-order valence-electron chi connectivity index (χ0n) is 13.7. The first-order valence-corrected chi connectivity index (χ1v) is 11.2. The lowest BCUT2D eigenvalue weighted by Gasteiger charge is -2.22. The minimum Gasteiger partial charge on any atom is -0.741 e. The Morgan fingerprint density at radius 1 is 1.27 bits per heavy atom. The maximum absolute atomic E-state index is 10.7. The first-order valence-electron chi connectivity index (χ1n) is 7.62. The Morgan fingerprint density at radius 3 is 2.46 bits per heavy atom. The van der Waals surface area contributed by atoms with Crippen LogP contribution in [0.25, 0.3) is 0 Å². The van der Waals surface area contributed by atoms with Crippen LogP contribution >= 0.6 is 0 Å². The van der Waals surface area contributed by atoms with Crippen molar-refractivity contribution in [1.82, 2.24) is 0 Å². The van der Waals surface area contributed by atoms with Crippen molar-refractivity contribution in [2.45, 2.75) is 37.5 Å². The van der Waals surface area contributed by atoms with Crippen molar-refractivity contribution < 1.29 is 56.8 Å². The molecule has 1 aliphatic heterocycles. The van der Waals surface area contributed by atoms with Crippen LogP contribution in [0.15, 0.2) is 30.3 Å². The Balaban J connectivity index is 0.000000359. The average molecular weight is 506 g/mol. The van der Waals surface area contributed by atoms with Crippen LogP contribution in [0.3, 0.4) is 0 Å². The largest absolute Gasteiger partial charge is 0.741 e. The number of benzene rings is 1. The lowest BCUT2D eigenvalue weighted by molar-refractivity contribution is -0.535. The summed E-state index contributed by atoms with van der Waals surface area (Å²) in [5.74, 6) is 3.19.